The van der Waals surface area contributed by atoms with E-state index in [2.05, 4.69) is 10.1 Å². The van der Waals surface area contributed by atoms with Gasteiger partial charge >= 0.3 is 6.01 Å². The Morgan fingerprint density at radius 3 is 2.46 bits per heavy atom. The normalized spacial score (nSPS) is 22.2. The summed E-state index contributed by atoms with van der Waals surface area (Å²) in [6, 6.07) is 8.22. The molecule has 0 saturated carbocycles. The minimum absolute atomic E-state index is 0.00338. The summed E-state index contributed by atoms with van der Waals surface area (Å²) in [7, 11) is 3.16. The molecule has 28 heavy (non-hydrogen) atoms. The molecule has 2 aliphatic rings. The van der Waals surface area contributed by atoms with E-state index in [-0.39, 0.29) is 23.6 Å². The first-order valence-electron chi connectivity index (χ1n) is 9.62. The van der Waals surface area contributed by atoms with Crippen molar-refractivity contribution in [1.29, 1.82) is 0 Å². The second-order valence-electron chi connectivity index (χ2n) is 7.53. The number of anilines is 1. The Bertz CT molecular complexity index is 907. The summed E-state index contributed by atoms with van der Waals surface area (Å²) in [5.41, 5.74) is 1.22. The van der Waals surface area contributed by atoms with Crippen LogP contribution in [0.2, 0.25) is 0 Å². The Balaban J connectivity index is 1.65. The highest BCUT2D eigenvalue weighted by Gasteiger charge is 2.53. The summed E-state index contributed by atoms with van der Waals surface area (Å²) in [6.07, 6.45) is 2.99. The van der Waals surface area contributed by atoms with E-state index in [0.717, 1.165) is 24.1 Å². The van der Waals surface area contributed by atoms with E-state index >= 15 is 0 Å². The van der Waals surface area contributed by atoms with Gasteiger partial charge in [0.2, 0.25) is 5.82 Å². The van der Waals surface area contributed by atoms with Gasteiger partial charge in [-0.15, -0.1) is 5.10 Å². The number of rotatable bonds is 3. The van der Waals surface area contributed by atoms with Crippen molar-refractivity contribution in [3.05, 3.63) is 35.7 Å². The Morgan fingerprint density at radius 1 is 1.14 bits per heavy atom. The molecule has 2 aliphatic heterocycles. The van der Waals surface area contributed by atoms with Gasteiger partial charge in [-0.25, -0.2) is 4.68 Å². The number of carbonyl (C=O) groups is 2. The average molecular weight is 383 g/mol. The molecular weight excluding hydrogens is 358 g/mol. The summed E-state index contributed by atoms with van der Waals surface area (Å²) in [4.78, 5) is 34.4. The Morgan fingerprint density at radius 2 is 1.82 bits per heavy atom. The van der Waals surface area contributed by atoms with Crippen LogP contribution in [0.15, 0.2) is 24.3 Å². The first-order chi connectivity index (χ1) is 13.5. The number of nitrogens with zero attached hydrogens (tertiary/aromatic N) is 5. The van der Waals surface area contributed by atoms with Crippen molar-refractivity contribution in [3.8, 4) is 6.01 Å². The molecule has 1 unspecified atom stereocenters. The first-order valence-corrected chi connectivity index (χ1v) is 9.62. The molecule has 2 aromatic rings. The van der Waals surface area contributed by atoms with Gasteiger partial charge in [0.15, 0.2) is 0 Å². The lowest BCUT2D eigenvalue weighted by atomic mass is 9.85. The molecular formula is C20H25N5O3. The van der Waals surface area contributed by atoms with Gasteiger partial charge in [0.1, 0.15) is 5.54 Å². The van der Waals surface area contributed by atoms with E-state index in [1.54, 1.807) is 11.9 Å². The molecule has 1 atom stereocenters. The zero-order valence-electron chi connectivity index (χ0n) is 16.5. The second-order valence-corrected chi connectivity index (χ2v) is 7.53. The standard InChI is InChI=1S/C20H25N5O3/c1-14-6-8-15(9-7-14)24-12-4-10-20(18(24)27)11-5-13-25(20)17(26)16-21-19(28-3)23(2)22-16/h6-9H,4-5,10-13H2,1-3H3. The van der Waals surface area contributed by atoms with E-state index in [1.165, 1.54) is 11.8 Å². The topological polar surface area (TPSA) is 80.6 Å². The van der Waals surface area contributed by atoms with Crippen LogP contribution in [0.3, 0.4) is 0 Å². The fraction of sp³-hybridized carbons (Fsp3) is 0.500. The van der Waals surface area contributed by atoms with Crippen LogP contribution in [-0.2, 0) is 11.8 Å². The summed E-state index contributed by atoms with van der Waals surface area (Å²) < 4.78 is 6.55. The van der Waals surface area contributed by atoms with Gasteiger partial charge in [-0.2, -0.15) is 4.98 Å². The van der Waals surface area contributed by atoms with Crippen LogP contribution < -0.4 is 9.64 Å². The van der Waals surface area contributed by atoms with E-state index in [4.69, 9.17) is 4.74 Å². The van der Waals surface area contributed by atoms with Crippen LogP contribution >= 0.6 is 0 Å². The molecule has 8 heteroatoms. The highest BCUT2D eigenvalue weighted by atomic mass is 16.5. The van der Waals surface area contributed by atoms with Crippen molar-refractivity contribution in [3.63, 3.8) is 0 Å². The number of hydrogen-bond acceptors (Lipinski definition) is 5. The van der Waals surface area contributed by atoms with E-state index < -0.39 is 5.54 Å². The smallest absolute Gasteiger partial charge is 0.314 e. The van der Waals surface area contributed by atoms with Crippen molar-refractivity contribution in [2.75, 3.05) is 25.1 Å². The van der Waals surface area contributed by atoms with Crippen LogP contribution in [0.1, 0.15) is 41.9 Å². The molecule has 148 valence electrons. The van der Waals surface area contributed by atoms with Crippen LogP contribution in [0.4, 0.5) is 5.69 Å². The molecule has 2 saturated heterocycles. The molecule has 0 bridgehead atoms. The van der Waals surface area contributed by atoms with Crippen LogP contribution in [0.5, 0.6) is 6.01 Å². The lowest BCUT2D eigenvalue weighted by Crippen LogP contribution is -2.61. The minimum Gasteiger partial charge on any atom is -0.467 e. The number of piperidine rings is 1. The molecule has 8 nitrogen and oxygen atoms in total. The van der Waals surface area contributed by atoms with Crippen molar-refractivity contribution in [2.24, 2.45) is 7.05 Å². The van der Waals surface area contributed by atoms with Crippen LogP contribution in [-0.4, -0.2) is 57.2 Å². The highest BCUT2D eigenvalue weighted by Crippen LogP contribution is 2.40. The quantitative estimate of drug-likeness (QED) is 0.809. The Hall–Kier alpha value is -2.90. The number of aromatic nitrogens is 3. The predicted molar refractivity (Wildman–Crippen MR) is 103 cm³/mol. The zero-order chi connectivity index (χ0) is 19.9. The first kappa shape index (κ1) is 18.5. The van der Waals surface area contributed by atoms with Gasteiger partial charge in [-0.05, 0) is 44.7 Å². The van der Waals surface area contributed by atoms with E-state index in [9.17, 15) is 9.59 Å². The number of benzene rings is 1. The maximum absolute atomic E-state index is 13.6. The fourth-order valence-electron chi connectivity index (χ4n) is 4.38. The molecule has 0 aliphatic carbocycles. The number of amides is 2. The average Bonchev–Trinajstić information content (AvgIpc) is 3.28. The fourth-order valence-corrected chi connectivity index (χ4v) is 4.38. The Labute approximate surface area is 164 Å². The number of carbonyl (C=O) groups excluding carboxylic acids is 2. The molecule has 3 heterocycles. The number of aryl methyl sites for hydroxylation is 2. The van der Waals surface area contributed by atoms with Gasteiger partial charge in [0.05, 0.1) is 7.11 Å². The lowest BCUT2D eigenvalue weighted by molar-refractivity contribution is -0.130. The molecule has 1 aromatic carbocycles. The van der Waals surface area contributed by atoms with E-state index in [0.29, 0.717) is 25.9 Å². The SMILES string of the molecule is COc1nc(C(=O)N2CCCC23CCCN(c2ccc(C)cc2)C3=O)nn1C. The molecule has 1 aromatic heterocycles. The monoisotopic (exact) mass is 383 g/mol. The van der Waals surface area contributed by atoms with Gasteiger partial charge < -0.3 is 14.5 Å². The maximum Gasteiger partial charge on any atom is 0.314 e. The number of likely N-dealkylation sites (tertiary alicyclic amines) is 1. The molecule has 1 spiro atoms. The Kier molecular flexibility index (Phi) is 4.56. The van der Waals surface area contributed by atoms with Gasteiger partial charge in [-0.3, -0.25) is 9.59 Å². The van der Waals surface area contributed by atoms with Crippen molar-refractivity contribution < 1.29 is 14.3 Å². The predicted octanol–water partition coefficient (Wildman–Crippen LogP) is 1.93. The summed E-state index contributed by atoms with van der Waals surface area (Å²) in [5.74, 6) is -0.243. The van der Waals surface area contributed by atoms with Crippen LogP contribution in [0, 0.1) is 6.92 Å². The summed E-state index contributed by atoms with van der Waals surface area (Å²) in [5, 5.41) is 4.18. The summed E-state index contributed by atoms with van der Waals surface area (Å²) >= 11 is 0. The van der Waals surface area contributed by atoms with Crippen LogP contribution in [0.25, 0.3) is 0 Å². The highest BCUT2D eigenvalue weighted by molar-refractivity contribution is 6.05. The zero-order valence-corrected chi connectivity index (χ0v) is 16.5. The molecule has 4 rings (SSSR count). The third-order valence-electron chi connectivity index (χ3n) is 5.79. The lowest BCUT2D eigenvalue weighted by Gasteiger charge is -2.44. The van der Waals surface area contributed by atoms with Gasteiger partial charge in [0, 0.05) is 25.8 Å². The number of hydrogen-bond donors (Lipinski definition) is 0. The second kappa shape index (κ2) is 6.92. The molecule has 2 amide bonds. The third kappa shape index (κ3) is 2.83. The van der Waals surface area contributed by atoms with Gasteiger partial charge in [0.25, 0.3) is 11.8 Å². The van der Waals surface area contributed by atoms with Crippen molar-refractivity contribution in [2.45, 2.75) is 38.1 Å². The molecule has 0 N–H and O–H groups in total. The van der Waals surface area contributed by atoms with Gasteiger partial charge in [-0.1, -0.05) is 17.7 Å². The maximum atomic E-state index is 13.6. The minimum atomic E-state index is -0.813. The van der Waals surface area contributed by atoms with Crippen molar-refractivity contribution >= 4 is 17.5 Å². The molecule has 2 fully saturated rings. The molecule has 0 radical (unpaired) electrons. The number of ether oxygens (including phenoxy) is 1. The summed E-state index contributed by atoms with van der Waals surface area (Å²) in [6.45, 7) is 3.23. The largest absolute Gasteiger partial charge is 0.467 e. The number of methoxy groups -OCH3 is 1. The third-order valence-corrected chi connectivity index (χ3v) is 5.79. The van der Waals surface area contributed by atoms with E-state index in [1.807, 2.05) is 36.1 Å². The van der Waals surface area contributed by atoms with Crippen molar-refractivity contribution in [1.82, 2.24) is 19.7 Å².